The second-order valence-corrected chi connectivity index (χ2v) is 19.3. The normalized spacial score (nSPS) is 18.3. The molecule has 5 amide bonds. The highest BCUT2D eigenvalue weighted by atomic mass is 35.5. The van der Waals surface area contributed by atoms with Crippen molar-refractivity contribution < 1.29 is 38.3 Å². The number of aliphatic imine (C=N–C) groups is 1. The smallest absolute Gasteiger partial charge is 0.266 e. The lowest BCUT2D eigenvalue weighted by Gasteiger charge is -2.34. The van der Waals surface area contributed by atoms with E-state index in [1.165, 1.54) is 17.0 Å². The van der Waals surface area contributed by atoms with Crippen molar-refractivity contribution in [3.05, 3.63) is 91.8 Å². The van der Waals surface area contributed by atoms with Crippen LogP contribution in [0.3, 0.4) is 0 Å². The number of carbonyl (C=O) groups is 7. The summed E-state index contributed by atoms with van der Waals surface area (Å²) in [4.78, 5) is 101. The Bertz CT molecular complexity index is 2630. The number of ketones is 2. The number of halogens is 1. The number of aromatic nitrogens is 3. The van der Waals surface area contributed by atoms with Crippen molar-refractivity contribution in [2.75, 3.05) is 39.3 Å². The van der Waals surface area contributed by atoms with Crippen molar-refractivity contribution in [1.29, 1.82) is 0 Å². The first-order chi connectivity index (χ1) is 32.3. The van der Waals surface area contributed by atoms with Crippen LogP contribution in [0.1, 0.15) is 137 Å². The van der Waals surface area contributed by atoms with Crippen molar-refractivity contribution in [2.24, 2.45) is 4.99 Å². The van der Waals surface area contributed by atoms with Gasteiger partial charge in [0.05, 0.1) is 16.8 Å². The molecular formula is C49H55ClN8O8S. The zero-order chi connectivity index (χ0) is 47.4. The fraction of sp³-hybridized carbons (Fsp3) is 0.469. The summed E-state index contributed by atoms with van der Waals surface area (Å²) in [6, 6.07) is 10.6. The lowest BCUT2D eigenvalue weighted by Crippen LogP contribution is -2.54. The van der Waals surface area contributed by atoms with E-state index in [1.54, 1.807) is 17.4 Å². The Balaban J connectivity index is 0.710. The molecule has 2 fully saturated rings. The van der Waals surface area contributed by atoms with E-state index >= 15 is 0 Å². The van der Waals surface area contributed by atoms with E-state index in [2.05, 4.69) is 38.8 Å². The minimum absolute atomic E-state index is 0.00793. The third-order valence-electron chi connectivity index (χ3n) is 13.1. The number of rotatable bonds is 19. The number of piperidine rings is 1. The molecule has 4 aliphatic rings. The number of hydrogen-bond acceptors (Lipinski definition) is 13. The van der Waals surface area contributed by atoms with Gasteiger partial charge in [-0.15, -0.1) is 21.5 Å². The average Bonchev–Trinajstić information content (AvgIpc) is 3.89. The number of amides is 5. The zero-order valence-corrected chi connectivity index (χ0v) is 39.7. The lowest BCUT2D eigenvalue weighted by atomic mass is 9.99. The van der Waals surface area contributed by atoms with Gasteiger partial charge in [-0.1, -0.05) is 42.6 Å². The molecule has 1 unspecified atom stereocenters. The Morgan fingerprint density at radius 1 is 0.821 bits per heavy atom. The highest BCUT2D eigenvalue weighted by Crippen LogP contribution is 2.40. The van der Waals surface area contributed by atoms with Crippen molar-refractivity contribution in [1.82, 2.24) is 34.8 Å². The maximum atomic E-state index is 13.5. The second-order valence-electron chi connectivity index (χ2n) is 17.7. The quantitative estimate of drug-likeness (QED) is 0.0801. The number of thiophene rings is 1. The first-order valence-electron chi connectivity index (χ1n) is 23.2. The number of imide groups is 2. The van der Waals surface area contributed by atoms with Crippen molar-refractivity contribution in [3.8, 4) is 10.8 Å². The molecule has 67 heavy (non-hydrogen) atoms. The highest BCUT2D eigenvalue weighted by molar-refractivity contribution is 7.15. The van der Waals surface area contributed by atoms with E-state index in [0.29, 0.717) is 43.2 Å². The monoisotopic (exact) mass is 950 g/mol. The number of benzene rings is 2. The van der Waals surface area contributed by atoms with Crippen LogP contribution in [0.25, 0.3) is 5.00 Å². The molecule has 18 heteroatoms. The molecule has 0 radical (unpaired) electrons. The van der Waals surface area contributed by atoms with Crippen molar-refractivity contribution in [3.63, 3.8) is 0 Å². The summed E-state index contributed by atoms with van der Waals surface area (Å²) in [5.74, 6) is -0.829. The third kappa shape index (κ3) is 10.5. The summed E-state index contributed by atoms with van der Waals surface area (Å²) in [5, 5.41) is 12.8. The van der Waals surface area contributed by atoms with Crippen LogP contribution < -0.4 is 10.1 Å². The molecule has 6 heterocycles. The highest BCUT2D eigenvalue weighted by Gasteiger charge is 2.46. The van der Waals surface area contributed by atoms with Gasteiger partial charge < -0.3 is 9.64 Å². The third-order valence-corrected chi connectivity index (χ3v) is 14.5. The number of Topliss-reactive ketones (excluding diaryl/α,β-unsaturated/α-hetero) is 2. The number of hydrogen-bond donors (Lipinski definition) is 1. The summed E-state index contributed by atoms with van der Waals surface area (Å²) in [5.41, 5.74) is 4.06. The molecular weight excluding hydrogens is 896 g/mol. The van der Waals surface area contributed by atoms with Crippen LogP contribution >= 0.6 is 22.9 Å². The predicted octanol–water partition coefficient (Wildman–Crippen LogP) is 6.46. The molecule has 2 saturated heterocycles. The number of nitrogens with zero attached hydrogens (tertiary/aromatic N) is 7. The molecule has 2 aromatic carbocycles. The lowest BCUT2D eigenvalue weighted by molar-refractivity contribution is -0.136. The van der Waals surface area contributed by atoms with Gasteiger partial charge in [0, 0.05) is 79.3 Å². The largest absolute Gasteiger partial charge is 0.485 e. The van der Waals surface area contributed by atoms with Crippen LogP contribution in [0.15, 0.2) is 47.5 Å². The second kappa shape index (κ2) is 20.9. The van der Waals surface area contributed by atoms with Gasteiger partial charge in [0.15, 0.2) is 11.6 Å². The number of carbonyl (C=O) groups excluding carboxylic acids is 7. The number of unbranched alkanes of at least 4 members (excludes halogenated alkanes) is 4. The van der Waals surface area contributed by atoms with Crippen LogP contribution in [0.2, 0.25) is 5.02 Å². The van der Waals surface area contributed by atoms with Gasteiger partial charge in [-0.25, -0.2) is 0 Å². The van der Waals surface area contributed by atoms with Crippen LogP contribution in [0, 0.1) is 20.8 Å². The van der Waals surface area contributed by atoms with Gasteiger partial charge in [0.25, 0.3) is 11.8 Å². The zero-order valence-electron chi connectivity index (χ0n) is 38.1. The Morgan fingerprint density at radius 2 is 1.54 bits per heavy atom. The minimum atomic E-state index is -1.09. The number of ether oxygens (including phenoxy) is 1. The standard InChI is InChI=1S/C49H55ClN8O8S/c1-29-30(2)67-49-42(29)44(32-16-18-33(50)19-17-32)51-37(45-54-53-31(3)57(45)49)27-34(59)11-8-9-22-55-23-25-56(26-24-55)41(62)15-7-5-4-6-12-35(60)28-66-39-14-10-13-36-43(39)48(65)58(47(36)64)38-20-21-40(61)52-46(38)63/h10,13-14,16-19,37-38H,4-9,11-12,15,20-28H2,1-3H3,(H,52,61,63)/t37-,38?/m0/s1. The van der Waals surface area contributed by atoms with Crippen LogP contribution in [-0.2, 0) is 24.0 Å². The maximum Gasteiger partial charge on any atom is 0.266 e. The Labute approximate surface area is 398 Å². The van der Waals surface area contributed by atoms with E-state index in [9.17, 15) is 33.6 Å². The van der Waals surface area contributed by atoms with E-state index in [4.69, 9.17) is 21.3 Å². The molecule has 2 atom stereocenters. The van der Waals surface area contributed by atoms with Gasteiger partial charge >= 0.3 is 0 Å². The molecule has 1 N–H and O–H groups in total. The van der Waals surface area contributed by atoms with E-state index in [0.717, 1.165) is 89.9 Å². The van der Waals surface area contributed by atoms with E-state index in [1.807, 2.05) is 36.1 Å². The van der Waals surface area contributed by atoms with Gasteiger partial charge in [-0.2, -0.15) is 0 Å². The Morgan fingerprint density at radius 3 is 2.28 bits per heavy atom. The molecule has 2 aromatic heterocycles. The van der Waals surface area contributed by atoms with Crippen LogP contribution in [0.4, 0.5) is 0 Å². The molecule has 352 valence electrons. The number of piperazine rings is 1. The van der Waals surface area contributed by atoms with Crippen LogP contribution in [-0.4, -0.2) is 122 Å². The van der Waals surface area contributed by atoms with Gasteiger partial charge in [-0.3, -0.25) is 58.2 Å². The summed E-state index contributed by atoms with van der Waals surface area (Å²) in [6.07, 6.45) is 6.06. The SMILES string of the molecule is Cc1sc2c(c1C)C(c1ccc(Cl)cc1)=N[C@@H](CC(=O)CCCCN1CCN(C(=O)CCCCCCC(=O)COc3cccc4c3C(=O)N(C3CCC(=O)NC3=O)C4=O)CC1)c1nnc(C)n1-2. The topological polar surface area (TPSA) is 194 Å². The first kappa shape index (κ1) is 47.6. The maximum absolute atomic E-state index is 13.5. The molecule has 4 aliphatic heterocycles. The minimum Gasteiger partial charge on any atom is -0.485 e. The van der Waals surface area contributed by atoms with E-state index < -0.39 is 35.7 Å². The van der Waals surface area contributed by atoms with Crippen LogP contribution in [0.5, 0.6) is 5.75 Å². The summed E-state index contributed by atoms with van der Waals surface area (Å²) >= 11 is 7.94. The number of fused-ring (bicyclic) bond motifs is 4. The average molecular weight is 952 g/mol. The Kier molecular flexibility index (Phi) is 14.9. The van der Waals surface area contributed by atoms with Gasteiger partial charge in [0.2, 0.25) is 17.7 Å². The molecule has 0 bridgehead atoms. The Hall–Kier alpha value is -5.91. The molecule has 0 spiro atoms. The molecule has 16 nitrogen and oxygen atoms in total. The molecule has 4 aromatic rings. The van der Waals surface area contributed by atoms with Crippen molar-refractivity contribution >= 4 is 69.8 Å². The fourth-order valence-corrected chi connectivity index (χ4v) is 10.6. The number of aryl methyl sites for hydroxylation is 2. The first-order valence-corrected chi connectivity index (χ1v) is 24.4. The van der Waals surface area contributed by atoms with Crippen molar-refractivity contribution in [2.45, 2.75) is 110 Å². The van der Waals surface area contributed by atoms with Gasteiger partial charge in [-0.05, 0) is 89.2 Å². The molecule has 0 aliphatic carbocycles. The van der Waals surface area contributed by atoms with Gasteiger partial charge in [0.1, 0.15) is 41.0 Å². The summed E-state index contributed by atoms with van der Waals surface area (Å²) in [6.45, 7) is 9.67. The summed E-state index contributed by atoms with van der Waals surface area (Å²) < 4.78 is 7.78. The predicted molar refractivity (Wildman–Crippen MR) is 251 cm³/mol. The fourth-order valence-electron chi connectivity index (χ4n) is 9.27. The summed E-state index contributed by atoms with van der Waals surface area (Å²) in [7, 11) is 0. The molecule has 0 saturated carbocycles. The van der Waals surface area contributed by atoms with E-state index in [-0.39, 0.29) is 66.6 Å². The molecule has 8 rings (SSSR count). The number of nitrogens with one attached hydrogen (secondary N) is 1.